The van der Waals surface area contributed by atoms with Crippen LogP contribution < -0.4 is 10.1 Å². The molecule has 1 aliphatic rings. The van der Waals surface area contributed by atoms with E-state index >= 15 is 0 Å². The molecule has 1 N–H and O–H groups in total. The third-order valence-corrected chi connectivity index (χ3v) is 3.98. The van der Waals surface area contributed by atoms with Crippen molar-refractivity contribution in [1.29, 1.82) is 0 Å². The Hall–Kier alpha value is -2.33. The molecule has 1 aliphatic heterocycles. The number of nitrogens with zero attached hydrogens (tertiary/aromatic N) is 1. The lowest BCUT2D eigenvalue weighted by molar-refractivity contribution is 0.0766. The Labute approximate surface area is 137 Å². The van der Waals surface area contributed by atoms with Crippen molar-refractivity contribution in [3.63, 3.8) is 0 Å². The smallest absolute Gasteiger partial charge is 0.253 e. The summed E-state index contributed by atoms with van der Waals surface area (Å²) in [5.74, 6) is 0.967. The highest BCUT2D eigenvalue weighted by Gasteiger charge is 2.16. The van der Waals surface area contributed by atoms with E-state index in [1.165, 1.54) is 0 Å². The van der Waals surface area contributed by atoms with Gasteiger partial charge in [-0.1, -0.05) is 30.3 Å². The molecule has 0 aromatic heterocycles. The summed E-state index contributed by atoms with van der Waals surface area (Å²) in [5, 5.41) is 3.31. The molecule has 0 bridgehead atoms. The van der Waals surface area contributed by atoms with Gasteiger partial charge in [0, 0.05) is 25.2 Å². The van der Waals surface area contributed by atoms with Crippen LogP contribution >= 0.6 is 0 Å². The second-order valence-electron chi connectivity index (χ2n) is 5.69. The highest BCUT2D eigenvalue weighted by molar-refractivity contribution is 5.94. The van der Waals surface area contributed by atoms with E-state index in [0.29, 0.717) is 6.61 Å². The zero-order chi connectivity index (χ0) is 15.9. The standard InChI is InChI=1S/C19H22N2O2/c22-19(21-13-4-11-20-12-14-21)17-9-7-16(8-10-17)15-23-18-5-2-1-3-6-18/h1-3,5-10,20H,4,11-15H2. The average molecular weight is 310 g/mol. The first-order chi connectivity index (χ1) is 11.3. The predicted octanol–water partition coefficient (Wildman–Crippen LogP) is 2.70. The maximum absolute atomic E-state index is 12.5. The normalized spacial score (nSPS) is 15.0. The summed E-state index contributed by atoms with van der Waals surface area (Å²) in [6.07, 6.45) is 1.01. The first kappa shape index (κ1) is 15.6. The van der Waals surface area contributed by atoms with Crippen molar-refractivity contribution in [2.45, 2.75) is 13.0 Å². The van der Waals surface area contributed by atoms with Crippen molar-refractivity contribution in [2.24, 2.45) is 0 Å². The van der Waals surface area contributed by atoms with E-state index in [0.717, 1.165) is 49.5 Å². The van der Waals surface area contributed by atoms with Gasteiger partial charge in [-0.2, -0.15) is 0 Å². The van der Waals surface area contributed by atoms with Crippen LogP contribution in [-0.4, -0.2) is 37.0 Å². The molecule has 0 atom stereocenters. The van der Waals surface area contributed by atoms with Crippen molar-refractivity contribution >= 4 is 5.91 Å². The minimum atomic E-state index is 0.115. The van der Waals surface area contributed by atoms with Gasteiger partial charge in [-0.3, -0.25) is 4.79 Å². The van der Waals surface area contributed by atoms with E-state index in [-0.39, 0.29) is 5.91 Å². The van der Waals surface area contributed by atoms with E-state index in [1.807, 2.05) is 59.5 Å². The molecule has 2 aromatic carbocycles. The van der Waals surface area contributed by atoms with Gasteiger partial charge >= 0.3 is 0 Å². The molecular weight excluding hydrogens is 288 g/mol. The number of hydrogen-bond acceptors (Lipinski definition) is 3. The van der Waals surface area contributed by atoms with Gasteiger partial charge in [-0.15, -0.1) is 0 Å². The topological polar surface area (TPSA) is 41.6 Å². The Balaban J connectivity index is 1.59. The Bertz CT molecular complexity index is 618. The zero-order valence-electron chi connectivity index (χ0n) is 13.2. The Morgan fingerprint density at radius 3 is 2.57 bits per heavy atom. The van der Waals surface area contributed by atoms with E-state index in [9.17, 15) is 4.79 Å². The third-order valence-electron chi connectivity index (χ3n) is 3.98. The number of rotatable bonds is 4. The molecule has 0 spiro atoms. The number of nitrogens with one attached hydrogen (secondary N) is 1. The van der Waals surface area contributed by atoms with Crippen LogP contribution in [0.3, 0.4) is 0 Å². The van der Waals surface area contributed by atoms with Crippen LogP contribution in [0, 0.1) is 0 Å². The fourth-order valence-corrected chi connectivity index (χ4v) is 2.66. The number of hydrogen-bond donors (Lipinski definition) is 1. The molecular formula is C19H22N2O2. The molecule has 0 saturated carbocycles. The SMILES string of the molecule is O=C(c1ccc(COc2ccccc2)cc1)N1CCCNCC1. The summed E-state index contributed by atoms with van der Waals surface area (Å²) in [7, 11) is 0. The Morgan fingerprint density at radius 1 is 1.00 bits per heavy atom. The highest BCUT2D eigenvalue weighted by Crippen LogP contribution is 2.13. The summed E-state index contributed by atoms with van der Waals surface area (Å²) >= 11 is 0. The maximum atomic E-state index is 12.5. The molecule has 1 amide bonds. The van der Waals surface area contributed by atoms with E-state index < -0.39 is 0 Å². The van der Waals surface area contributed by atoms with Gasteiger partial charge in [-0.25, -0.2) is 0 Å². The predicted molar refractivity (Wildman–Crippen MR) is 90.6 cm³/mol. The van der Waals surface area contributed by atoms with E-state index in [2.05, 4.69) is 5.32 Å². The summed E-state index contributed by atoms with van der Waals surface area (Å²) < 4.78 is 5.72. The second kappa shape index (κ2) is 7.79. The van der Waals surface area contributed by atoms with Crippen molar-refractivity contribution in [1.82, 2.24) is 10.2 Å². The maximum Gasteiger partial charge on any atom is 0.253 e. The lowest BCUT2D eigenvalue weighted by atomic mass is 10.1. The fraction of sp³-hybridized carbons (Fsp3) is 0.316. The van der Waals surface area contributed by atoms with Gasteiger partial charge in [0.05, 0.1) is 0 Å². The number of ether oxygens (including phenoxy) is 1. The van der Waals surface area contributed by atoms with E-state index in [1.54, 1.807) is 0 Å². The van der Waals surface area contributed by atoms with Gasteiger partial charge in [0.2, 0.25) is 0 Å². The van der Waals surface area contributed by atoms with Crippen molar-refractivity contribution in [3.8, 4) is 5.75 Å². The molecule has 0 unspecified atom stereocenters. The third kappa shape index (κ3) is 4.33. The summed E-state index contributed by atoms with van der Waals surface area (Å²) in [6, 6.07) is 17.5. The molecule has 23 heavy (non-hydrogen) atoms. The Morgan fingerprint density at radius 2 is 1.78 bits per heavy atom. The highest BCUT2D eigenvalue weighted by atomic mass is 16.5. The minimum Gasteiger partial charge on any atom is -0.489 e. The van der Waals surface area contributed by atoms with Crippen molar-refractivity contribution in [2.75, 3.05) is 26.2 Å². The molecule has 120 valence electrons. The lowest BCUT2D eigenvalue weighted by Crippen LogP contribution is -2.34. The summed E-state index contributed by atoms with van der Waals surface area (Å²) in [5.41, 5.74) is 1.80. The van der Waals surface area contributed by atoms with Crippen LogP contribution in [-0.2, 0) is 6.61 Å². The van der Waals surface area contributed by atoms with Gasteiger partial charge in [0.15, 0.2) is 0 Å². The monoisotopic (exact) mass is 310 g/mol. The largest absolute Gasteiger partial charge is 0.489 e. The second-order valence-corrected chi connectivity index (χ2v) is 5.69. The average Bonchev–Trinajstić information content (AvgIpc) is 2.90. The zero-order valence-corrected chi connectivity index (χ0v) is 13.2. The van der Waals surface area contributed by atoms with Gasteiger partial charge in [0.1, 0.15) is 12.4 Å². The number of para-hydroxylation sites is 1. The van der Waals surface area contributed by atoms with Gasteiger partial charge in [-0.05, 0) is 42.8 Å². The van der Waals surface area contributed by atoms with Crippen LogP contribution in [0.5, 0.6) is 5.75 Å². The Kier molecular flexibility index (Phi) is 5.27. The number of benzene rings is 2. The van der Waals surface area contributed by atoms with E-state index in [4.69, 9.17) is 4.74 Å². The first-order valence-corrected chi connectivity index (χ1v) is 8.10. The lowest BCUT2D eigenvalue weighted by Gasteiger charge is -2.20. The van der Waals surface area contributed by atoms with Crippen LogP contribution in [0.25, 0.3) is 0 Å². The quantitative estimate of drug-likeness (QED) is 0.944. The molecule has 4 heteroatoms. The van der Waals surface area contributed by atoms with Crippen LogP contribution in [0.4, 0.5) is 0 Å². The molecule has 0 radical (unpaired) electrons. The van der Waals surface area contributed by atoms with Gasteiger partial charge < -0.3 is 15.0 Å². The van der Waals surface area contributed by atoms with Crippen molar-refractivity contribution in [3.05, 3.63) is 65.7 Å². The molecule has 1 fully saturated rings. The molecule has 0 aliphatic carbocycles. The first-order valence-electron chi connectivity index (χ1n) is 8.10. The molecule has 3 rings (SSSR count). The summed E-state index contributed by atoms with van der Waals surface area (Å²) in [6.45, 7) is 3.96. The summed E-state index contributed by atoms with van der Waals surface area (Å²) in [4.78, 5) is 14.4. The molecule has 4 nitrogen and oxygen atoms in total. The molecule has 2 aromatic rings. The molecule has 1 saturated heterocycles. The minimum absolute atomic E-state index is 0.115. The van der Waals surface area contributed by atoms with Crippen molar-refractivity contribution < 1.29 is 9.53 Å². The van der Waals surface area contributed by atoms with Crippen LogP contribution in [0.1, 0.15) is 22.3 Å². The number of carbonyl (C=O) groups excluding carboxylic acids is 1. The molecule has 1 heterocycles. The number of carbonyl (C=O) groups is 1. The van der Waals surface area contributed by atoms with Crippen LogP contribution in [0.15, 0.2) is 54.6 Å². The van der Waals surface area contributed by atoms with Gasteiger partial charge in [0.25, 0.3) is 5.91 Å². The fourth-order valence-electron chi connectivity index (χ4n) is 2.66. The number of amides is 1. The van der Waals surface area contributed by atoms with Crippen LogP contribution in [0.2, 0.25) is 0 Å².